The van der Waals surface area contributed by atoms with E-state index in [1.165, 1.54) is 0 Å². The summed E-state index contributed by atoms with van der Waals surface area (Å²) in [5, 5.41) is 15.8. The van der Waals surface area contributed by atoms with E-state index in [9.17, 15) is 9.50 Å². The number of rotatable bonds is 3. The Morgan fingerprint density at radius 1 is 1.40 bits per heavy atom. The third-order valence-electron chi connectivity index (χ3n) is 4.02. The molecule has 2 N–H and O–H groups in total. The molecule has 1 fully saturated rings. The van der Waals surface area contributed by atoms with Crippen LogP contribution in [0.25, 0.3) is 10.8 Å². The third-order valence-corrected chi connectivity index (χ3v) is 4.02. The van der Waals surface area contributed by atoms with Gasteiger partial charge in [0.1, 0.15) is 6.17 Å². The van der Waals surface area contributed by atoms with Crippen LogP contribution in [0.2, 0.25) is 0 Å². The molecule has 4 heteroatoms. The summed E-state index contributed by atoms with van der Waals surface area (Å²) in [6, 6.07) is 7.84. The predicted octanol–water partition coefficient (Wildman–Crippen LogP) is 2.75. The molecular weight excluding hydrogens is 255 g/mol. The van der Waals surface area contributed by atoms with Crippen LogP contribution in [-0.4, -0.2) is 28.8 Å². The first kappa shape index (κ1) is 13.5. The lowest BCUT2D eigenvalue weighted by molar-refractivity contribution is 0.129. The fraction of sp³-hybridized carbons (Fsp3) is 0.438. The number of hydrogen-bond donors (Lipinski definition) is 2. The fourth-order valence-corrected chi connectivity index (χ4v) is 2.96. The van der Waals surface area contributed by atoms with E-state index >= 15 is 0 Å². The Kier molecular flexibility index (Phi) is 3.94. The molecule has 0 saturated carbocycles. The topological polar surface area (TPSA) is 45.1 Å². The molecule has 2 aromatic rings. The number of piperidine rings is 1. The van der Waals surface area contributed by atoms with E-state index in [0.29, 0.717) is 25.8 Å². The zero-order valence-corrected chi connectivity index (χ0v) is 11.3. The standard InChI is InChI=1S/C16H19FN2O/c17-12-5-7-19-13(8-12)9-16(20)14-3-1-2-11-4-6-18-10-15(11)14/h1-4,6,10,12-13,16,19-20H,5,7-9H2/t12-,13+,16-/m1/s1. The Morgan fingerprint density at radius 3 is 3.15 bits per heavy atom. The minimum atomic E-state index is -0.748. The van der Waals surface area contributed by atoms with Crippen LogP contribution in [0.4, 0.5) is 4.39 Å². The van der Waals surface area contributed by atoms with Crippen molar-refractivity contribution in [2.75, 3.05) is 6.54 Å². The van der Waals surface area contributed by atoms with Gasteiger partial charge in [-0.05, 0) is 42.8 Å². The van der Waals surface area contributed by atoms with Crippen molar-refractivity contribution in [2.24, 2.45) is 0 Å². The highest BCUT2D eigenvalue weighted by molar-refractivity contribution is 5.85. The van der Waals surface area contributed by atoms with Crippen LogP contribution in [0.15, 0.2) is 36.7 Å². The highest BCUT2D eigenvalue weighted by Crippen LogP contribution is 2.28. The highest BCUT2D eigenvalue weighted by atomic mass is 19.1. The summed E-state index contributed by atoms with van der Waals surface area (Å²) in [4.78, 5) is 4.13. The number of nitrogens with one attached hydrogen (secondary N) is 1. The third kappa shape index (κ3) is 2.81. The molecule has 3 nitrogen and oxygen atoms in total. The van der Waals surface area contributed by atoms with Crippen molar-refractivity contribution in [3.05, 3.63) is 42.2 Å². The zero-order valence-electron chi connectivity index (χ0n) is 11.3. The zero-order chi connectivity index (χ0) is 13.9. The molecule has 106 valence electrons. The van der Waals surface area contributed by atoms with Crippen LogP contribution in [0.1, 0.15) is 30.9 Å². The van der Waals surface area contributed by atoms with Crippen LogP contribution in [0, 0.1) is 0 Å². The monoisotopic (exact) mass is 274 g/mol. The summed E-state index contributed by atoms with van der Waals surface area (Å²) in [7, 11) is 0. The number of halogens is 1. The average molecular weight is 274 g/mol. The molecule has 3 rings (SSSR count). The van der Waals surface area contributed by atoms with E-state index in [1.807, 2.05) is 24.3 Å². The number of aliphatic hydroxyl groups excluding tert-OH is 1. The van der Waals surface area contributed by atoms with Gasteiger partial charge in [0.15, 0.2) is 0 Å². The van der Waals surface area contributed by atoms with Crippen molar-refractivity contribution in [1.29, 1.82) is 0 Å². The summed E-state index contributed by atoms with van der Waals surface area (Å²) >= 11 is 0. The van der Waals surface area contributed by atoms with Gasteiger partial charge in [0.25, 0.3) is 0 Å². The van der Waals surface area contributed by atoms with Gasteiger partial charge in [0, 0.05) is 23.8 Å². The van der Waals surface area contributed by atoms with Gasteiger partial charge in [-0.1, -0.05) is 18.2 Å². The number of aliphatic hydroxyl groups is 1. The second kappa shape index (κ2) is 5.85. The summed E-state index contributed by atoms with van der Waals surface area (Å²) in [6.45, 7) is 0.690. The van der Waals surface area contributed by atoms with E-state index in [-0.39, 0.29) is 6.04 Å². The van der Waals surface area contributed by atoms with Crippen LogP contribution in [0.3, 0.4) is 0 Å². The quantitative estimate of drug-likeness (QED) is 0.904. The van der Waals surface area contributed by atoms with E-state index in [0.717, 1.165) is 16.3 Å². The molecule has 1 aliphatic rings. The molecular formula is C16H19FN2O. The van der Waals surface area contributed by atoms with Gasteiger partial charge in [0.2, 0.25) is 0 Å². The lowest BCUT2D eigenvalue weighted by Gasteiger charge is -2.28. The molecule has 0 aliphatic carbocycles. The second-order valence-corrected chi connectivity index (χ2v) is 5.47. The summed E-state index contributed by atoms with van der Waals surface area (Å²) in [6.07, 6.45) is 3.78. The number of alkyl halides is 1. The van der Waals surface area contributed by atoms with E-state index in [4.69, 9.17) is 0 Å². The minimum absolute atomic E-state index is 0.0423. The first-order chi connectivity index (χ1) is 9.74. The van der Waals surface area contributed by atoms with Crippen LogP contribution in [0.5, 0.6) is 0 Å². The van der Waals surface area contributed by atoms with Crippen molar-refractivity contribution >= 4 is 10.8 Å². The number of hydrogen-bond acceptors (Lipinski definition) is 3. The Bertz CT molecular complexity index is 584. The Hall–Kier alpha value is -1.52. The Balaban J connectivity index is 1.80. The van der Waals surface area contributed by atoms with Crippen molar-refractivity contribution in [3.63, 3.8) is 0 Å². The molecule has 0 unspecified atom stereocenters. The average Bonchev–Trinajstić information content (AvgIpc) is 2.46. The molecule has 3 atom stereocenters. The van der Waals surface area contributed by atoms with Crippen molar-refractivity contribution < 1.29 is 9.50 Å². The van der Waals surface area contributed by atoms with Gasteiger partial charge in [-0.25, -0.2) is 4.39 Å². The van der Waals surface area contributed by atoms with E-state index < -0.39 is 12.3 Å². The lowest BCUT2D eigenvalue weighted by atomic mass is 9.93. The molecule has 20 heavy (non-hydrogen) atoms. The molecule has 0 radical (unpaired) electrons. The predicted molar refractivity (Wildman–Crippen MR) is 77.2 cm³/mol. The van der Waals surface area contributed by atoms with Gasteiger partial charge in [0.05, 0.1) is 6.10 Å². The first-order valence-electron chi connectivity index (χ1n) is 7.12. The SMILES string of the molecule is O[C@H](C[C@@H]1C[C@H](F)CCN1)c1cccc2ccncc12. The number of pyridine rings is 1. The second-order valence-electron chi connectivity index (χ2n) is 5.47. The maximum Gasteiger partial charge on any atom is 0.103 e. The van der Waals surface area contributed by atoms with Crippen LogP contribution in [-0.2, 0) is 0 Å². The van der Waals surface area contributed by atoms with Crippen LogP contribution >= 0.6 is 0 Å². The van der Waals surface area contributed by atoms with Gasteiger partial charge < -0.3 is 10.4 Å². The number of aromatic nitrogens is 1. The van der Waals surface area contributed by atoms with Crippen LogP contribution < -0.4 is 5.32 Å². The van der Waals surface area contributed by atoms with Gasteiger partial charge in [-0.15, -0.1) is 0 Å². The molecule has 1 aromatic carbocycles. The normalized spacial score (nSPS) is 24.7. The largest absolute Gasteiger partial charge is 0.388 e. The summed E-state index contributed by atoms with van der Waals surface area (Å²) in [5.74, 6) is 0. The van der Waals surface area contributed by atoms with Gasteiger partial charge >= 0.3 is 0 Å². The number of fused-ring (bicyclic) bond motifs is 1. The molecule has 0 bridgehead atoms. The first-order valence-corrected chi connectivity index (χ1v) is 7.12. The minimum Gasteiger partial charge on any atom is -0.388 e. The van der Waals surface area contributed by atoms with Crippen molar-refractivity contribution in [1.82, 2.24) is 10.3 Å². The maximum atomic E-state index is 13.4. The number of benzene rings is 1. The molecule has 1 aromatic heterocycles. The lowest BCUT2D eigenvalue weighted by Crippen LogP contribution is -2.39. The van der Waals surface area contributed by atoms with Gasteiger partial charge in [-0.3, -0.25) is 4.98 Å². The van der Waals surface area contributed by atoms with E-state index in [2.05, 4.69) is 10.3 Å². The molecule has 0 spiro atoms. The van der Waals surface area contributed by atoms with E-state index in [1.54, 1.807) is 12.4 Å². The molecule has 0 amide bonds. The molecule has 2 heterocycles. The smallest absolute Gasteiger partial charge is 0.103 e. The Morgan fingerprint density at radius 2 is 2.30 bits per heavy atom. The van der Waals surface area contributed by atoms with Crippen molar-refractivity contribution in [2.45, 2.75) is 37.6 Å². The Labute approximate surface area is 117 Å². The molecule has 1 aliphatic heterocycles. The van der Waals surface area contributed by atoms with Gasteiger partial charge in [-0.2, -0.15) is 0 Å². The van der Waals surface area contributed by atoms with Crippen molar-refractivity contribution in [3.8, 4) is 0 Å². The summed E-state index contributed by atoms with van der Waals surface area (Å²) in [5.41, 5.74) is 0.874. The molecule has 1 saturated heterocycles. The fourth-order valence-electron chi connectivity index (χ4n) is 2.96. The summed E-state index contributed by atoms with van der Waals surface area (Å²) < 4.78 is 13.4. The highest BCUT2D eigenvalue weighted by Gasteiger charge is 2.24. The maximum absolute atomic E-state index is 13.4. The number of nitrogens with zero attached hydrogens (tertiary/aromatic N) is 1.